The lowest BCUT2D eigenvalue weighted by Crippen LogP contribution is -2.15. The van der Waals surface area contributed by atoms with Gasteiger partial charge in [-0.15, -0.1) is 0 Å². The van der Waals surface area contributed by atoms with E-state index in [0.717, 1.165) is 5.76 Å². The molecule has 0 aliphatic heterocycles. The van der Waals surface area contributed by atoms with Gasteiger partial charge in [-0.05, 0) is 30.3 Å². The number of primary sulfonamides is 1. The van der Waals surface area contributed by atoms with Crippen molar-refractivity contribution in [2.45, 2.75) is 17.7 Å². The lowest BCUT2D eigenvalue weighted by molar-refractivity contribution is -0.116. The van der Waals surface area contributed by atoms with E-state index in [0.29, 0.717) is 12.1 Å². The van der Waals surface area contributed by atoms with Crippen molar-refractivity contribution in [2.75, 3.05) is 5.32 Å². The number of carbonyl (C=O) groups is 1. The highest BCUT2D eigenvalue weighted by Crippen LogP contribution is 2.14. The summed E-state index contributed by atoms with van der Waals surface area (Å²) < 4.78 is 27.5. The zero-order chi connectivity index (χ0) is 14.6. The second kappa shape index (κ2) is 5.89. The molecule has 1 heterocycles. The third-order valence-corrected chi connectivity index (χ3v) is 3.54. The van der Waals surface area contributed by atoms with Crippen LogP contribution in [0, 0.1) is 0 Å². The number of rotatable bonds is 5. The highest BCUT2D eigenvalue weighted by Gasteiger charge is 2.09. The molecule has 1 aromatic carbocycles. The smallest absolute Gasteiger partial charge is 0.238 e. The summed E-state index contributed by atoms with van der Waals surface area (Å²) in [6.45, 7) is 0. The van der Waals surface area contributed by atoms with Gasteiger partial charge in [0, 0.05) is 18.5 Å². The fourth-order valence-electron chi connectivity index (χ4n) is 1.67. The van der Waals surface area contributed by atoms with Gasteiger partial charge < -0.3 is 9.73 Å². The first-order valence-corrected chi connectivity index (χ1v) is 7.45. The van der Waals surface area contributed by atoms with E-state index >= 15 is 0 Å². The second-order valence-electron chi connectivity index (χ2n) is 4.20. The van der Waals surface area contributed by atoms with E-state index in [2.05, 4.69) is 5.32 Å². The zero-order valence-corrected chi connectivity index (χ0v) is 11.4. The van der Waals surface area contributed by atoms with E-state index in [9.17, 15) is 13.2 Å². The van der Waals surface area contributed by atoms with Crippen LogP contribution in [-0.4, -0.2) is 14.3 Å². The van der Waals surface area contributed by atoms with Crippen molar-refractivity contribution in [3.8, 4) is 0 Å². The van der Waals surface area contributed by atoms with Crippen LogP contribution in [0.25, 0.3) is 0 Å². The van der Waals surface area contributed by atoms with Gasteiger partial charge in [-0.1, -0.05) is 6.07 Å². The van der Waals surface area contributed by atoms with Crippen molar-refractivity contribution < 1.29 is 17.6 Å². The number of furan rings is 1. The molecule has 7 heteroatoms. The highest BCUT2D eigenvalue weighted by atomic mass is 32.2. The molecule has 0 bridgehead atoms. The summed E-state index contributed by atoms with van der Waals surface area (Å²) in [6.07, 6.45) is 2.27. The largest absolute Gasteiger partial charge is 0.469 e. The molecule has 0 radical (unpaired) electrons. The molecular weight excluding hydrogens is 280 g/mol. The summed E-state index contributed by atoms with van der Waals surface area (Å²) in [4.78, 5) is 11.7. The summed E-state index contributed by atoms with van der Waals surface area (Å²) in [5, 5.41) is 7.64. The number of hydrogen-bond donors (Lipinski definition) is 2. The summed E-state index contributed by atoms with van der Waals surface area (Å²) >= 11 is 0. The Kier molecular flexibility index (Phi) is 4.21. The van der Waals surface area contributed by atoms with Crippen LogP contribution in [0.15, 0.2) is 52.0 Å². The average molecular weight is 294 g/mol. The van der Waals surface area contributed by atoms with Crippen LogP contribution in [0.1, 0.15) is 12.2 Å². The average Bonchev–Trinajstić information content (AvgIpc) is 2.89. The van der Waals surface area contributed by atoms with Gasteiger partial charge in [-0.25, -0.2) is 13.6 Å². The van der Waals surface area contributed by atoms with Gasteiger partial charge in [0.15, 0.2) is 0 Å². The SMILES string of the molecule is NS(=O)(=O)c1cccc(NC(=O)CCc2ccco2)c1. The number of aryl methyl sites for hydroxylation is 1. The molecule has 3 N–H and O–H groups in total. The summed E-state index contributed by atoms with van der Waals surface area (Å²) in [6, 6.07) is 9.34. The van der Waals surface area contributed by atoms with Gasteiger partial charge in [0.1, 0.15) is 5.76 Å². The van der Waals surface area contributed by atoms with Gasteiger partial charge in [0.25, 0.3) is 0 Å². The number of carbonyl (C=O) groups excluding carboxylic acids is 1. The molecule has 0 fully saturated rings. The standard InChI is InChI=1S/C13H14N2O4S/c14-20(17,18)12-5-1-3-10(9-12)15-13(16)7-6-11-4-2-8-19-11/h1-5,8-9H,6-7H2,(H,15,16)(H2,14,17,18). The molecule has 0 spiro atoms. The van der Waals surface area contributed by atoms with Crippen molar-refractivity contribution in [3.63, 3.8) is 0 Å². The van der Waals surface area contributed by atoms with Crippen molar-refractivity contribution in [1.29, 1.82) is 0 Å². The molecule has 2 rings (SSSR count). The van der Waals surface area contributed by atoms with E-state index < -0.39 is 10.0 Å². The fraction of sp³-hybridized carbons (Fsp3) is 0.154. The van der Waals surface area contributed by atoms with Gasteiger partial charge in [-0.2, -0.15) is 0 Å². The molecule has 1 amide bonds. The Morgan fingerprint density at radius 2 is 2.05 bits per heavy atom. The first kappa shape index (κ1) is 14.3. The Balaban J connectivity index is 1.97. The third-order valence-electron chi connectivity index (χ3n) is 2.62. The van der Waals surface area contributed by atoms with Crippen LogP contribution >= 0.6 is 0 Å². The molecule has 6 nitrogen and oxygen atoms in total. The topological polar surface area (TPSA) is 102 Å². The van der Waals surface area contributed by atoms with Crippen LogP contribution in [0.4, 0.5) is 5.69 Å². The van der Waals surface area contributed by atoms with E-state index in [4.69, 9.17) is 9.56 Å². The Bertz CT molecular complexity index is 693. The molecule has 0 unspecified atom stereocenters. The van der Waals surface area contributed by atoms with Gasteiger partial charge >= 0.3 is 0 Å². The van der Waals surface area contributed by atoms with Crippen LogP contribution < -0.4 is 10.5 Å². The van der Waals surface area contributed by atoms with E-state index in [1.54, 1.807) is 24.5 Å². The van der Waals surface area contributed by atoms with Crippen LogP contribution in [0.5, 0.6) is 0 Å². The molecule has 20 heavy (non-hydrogen) atoms. The van der Waals surface area contributed by atoms with Crippen LogP contribution in [-0.2, 0) is 21.2 Å². The Labute approximate surface area is 116 Å². The number of sulfonamides is 1. The number of benzene rings is 1. The van der Waals surface area contributed by atoms with Crippen molar-refractivity contribution >= 4 is 21.6 Å². The van der Waals surface area contributed by atoms with Crippen molar-refractivity contribution in [1.82, 2.24) is 0 Å². The normalized spacial score (nSPS) is 11.2. The molecule has 106 valence electrons. The Morgan fingerprint density at radius 1 is 1.25 bits per heavy atom. The first-order valence-electron chi connectivity index (χ1n) is 5.90. The van der Waals surface area contributed by atoms with E-state index in [1.165, 1.54) is 18.2 Å². The third kappa shape index (κ3) is 3.94. The highest BCUT2D eigenvalue weighted by molar-refractivity contribution is 7.89. The van der Waals surface area contributed by atoms with Gasteiger partial charge in [0.2, 0.25) is 15.9 Å². The number of nitrogens with one attached hydrogen (secondary N) is 1. The maximum atomic E-state index is 11.7. The molecule has 0 aliphatic rings. The van der Waals surface area contributed by atoms with Crippen LogP contribution in [0.2, 0.25) is 0 Å². The maximum absolute atomic E-state index is 11.7. The second-order valence-corrected chi connectivity index (χ2v) is 5.76. The monoisotopic (exact) mass is 294 g/mol. The summed E-state index contributed by atoms with van der Waals surface area (Å²) in [5.41, 5.74) is 0.390. The number of hydrogen-bond acceptors (Lipinski definition) is 4. The summed E-state index contributed by atoms with van der Waals surface area (Å²) in [7, 11) is -3.78. The minimum atomic E-state index is -3.78. The van der Waals surface area contributed by atoms with Crippen molar-refractivity contribution in [3.05, 3.63) is 48.4 Å². The molecule has 2 aromatic rings. The molecule has 0 atom stereocenters. The fourth-order valence-corrected chi connectivity index (χ4v) is 2.23. The van der Waals surface area contributed by atoms with Crippen LogP contribution in [0.3, 0.4) is 0 Å². The predicted octanol–water partition coefficient (Wildman–Crippen LogP) is 1.50. The van der Waals surface area contributed by atoms with Crippen molar-refractivity contribution in [2.24, 2.45) is 5.14 Å². The number of amides is 1. The van der Waals surface area contributed by atoms with E-state index in [1.807, 2.05) is 0 Å². The summed E-state index contributed by atoms with van der Waals surface area (Å²) in [5.74, 6) is 0.492. The Hall–Kier alpha value is -2.12. The molecule has 0 saturated carbocycles. The minimum Gasteiger partial charge on any atom is -0.469 e. The lowest BCUT2D eigenvalue weighted by Gasteiger charge is -2.06. The number of anilines is 1. The quantitative estimate of drug-likeness (QED) is 0.872. The zero-order valence-electron chi connectivity index (χ0n) is 10.6. The Morgan fingerprint density at radius 3 is 2.70 bits per heavy atom. The minimum absolute atomic E-state index is 0.0404. The van der Waals surface area contributed by atoms with Gasteiger partial charge in [0.05, 0.1) is 11.2 Å². The molecule has 0 saturated heterocycles. The first-order chi connectivity index (χ1) is 9.45. The number of nitrogens with two attached hydrogens (primary N) is 1. The molecular formula is C13H14N2O4S. The predicted molar refractivity (Wildman–Crippen MR) is 73.5 cm³/mol. The molecule has 0 aliphatic carbocycles. The maximum Gasteiger partial charge on any atom is 0.238 e. The van der Waals surface area contributed by atoms with E-state index in [-0.39, 0.29) is 17.2 Å². The lowest BCUT2D eigenvalue weighted by atomic mass is 10.2. The van der Waals surface area contributed by atoms with Gasteiger partial charge in [-0.3, -0.25) is 4.79 Å². The molecule has 1 aromatic heterocycles.